The predicted molar refractivity (Wildman–Crippen MR) is 48.1 cm³/mol. The molecular formula is C8H7IO. The van der Waals surface area contributed by atoms with Gasteiger partial charge in [-0.05, 0) is 28.2 Å². The molecule has 2 rings (SSSR count). The SMILES string of the molecule is IC1OC1c1ccccc1. The highest BCUT2D eigenvalue weighted by atomic mass is 127. The Bertz CT molecular complexity index is 222. The third-order valence-electron chi connectivity index (χ3n) is 1.57. The fraction of sp³-hybridized carbons (Fsp3) is 0.250. The highest BCUT2D eigenvalue weighted by Gasteiger charge is 2.37. The van der Waals surface area contributed by atoms with Crippen LogP contribution >= 0.6 is 22.6 Å². The van der Waals surface area contributed by atoms with E-state index in [0.29, 0.717) is 10.2 Å². The number of hydrogen-bond donors (Lipinski definition) is 0. The Hall–Kier alpha value is -0.0900. The number of alkyl halides is 1. The monoisotopic (exact) mass is 246 g/mol. The molecule has 2 atom stereocenters. The molecule has 1 nitrogen and oxygen atoms in total. The van der Waals surface area contributed by atoms with E-state index in [4.69, 9.17) is 4.74 Å². The first kappa shape index (κ1) is 6.61. The van der Waals surface area contributed by atoms with Gasteiger partial charge in [0.2, 0.25) is 0 Å². The molecule has 0 spiro atoms. The highest BCUT2D eigenvalue weighted by molar-refractivity contribution is 14.1. The predicted octanol–water partition coefficient (Wildman–Crippen LogP) is 2.52. The van der Waals surface area contributed by atoms with E-state index in [0.717, 1.165) is 0 Å². The van der Waals surface area contributed by atoms with Gasteiger partial charge in [0.05, 0.1) is 0 Å². The van der Waals surface area contributed by atoms with Crippen molar-refractivity contribution in [1.82, 2.24) is 0 Å². The zero-order valence-electron chi connectivity index (χ0n) is 5.33. The van der Waals surface area contributed by atoms with Gasteiger partial charge in [-0.3, -0.25) is 0 Å². The third kappa shape index (κ3) is 1.18. The molecule has 1 aromatic carbocycles. The number of hydrogen-bond acceptors (Lipinski definition) is 1. The lowest BCUT2D eigenvalue weighted by Crippen LogP contribution is -1.78. The minimum atomic E-state index is 0.363. The first-order valence-electron chi connectivity index (χ1n) is 3.22. The second-order valence-electron chi connectivity index (χ2n) is 2.32. The van der Waals surface area contributed by atoms with Crippen LogP contribution in [0.5, 0.6) is 0 Å². The van der Waals surface area contributed by atoms with Gasteiger partial charge in [0, 0.05) is 0 Å². The Kier molecular flexibility index (Phi) is 1.66. The second-order valence-corrected chi connectivity index (χ2v) is 3.55. The van der Waals surface area contributed by atoms with Crippen molar-refractivity contribution in [2.75, 3.05) is 0 Å². The van der Waals surface area contributed by atoms with Crippen LogP contribution in [0.4, 0.5) is 0 Å². The highest BCUT2D eigenvalue weighted by Crippen LogP contribution is 2.42. The van der Waals surface area contributed by atoms with Gasteiger partial charge in [0.15, 0.2) is 0 Å². The summed E-state index contributed by atoms with van der Waals surface area (Å²) in [5.74, 6) is 0. The maximum Gasteiger partial charge on any atom is 0.140 e. The van der Waals surface area contributed by atoms with Crippen LogP contribution in [-0.4, -0.2) is 4.11 Å². The molecule has 0 bridgehead atoms. The van der Waals surface area contributed by atoms with Crippen LogP contribution in [0, 0.1) is 0 Å². The molecule has 2 unspecified atom stereocenters. The summed E-state index contributed by atoms with van der Waals surface area (Å²) in [5, 5.41) is 0. The van der Waals surface area contributed by atoms with Crippen LogP contribution in [0.3, 0.4) is 0 Å². The van der Waals surface area contributed by atoms with Crippen molar-refractivity contribution in [1.29, 1.82) is 0 Å². The standard InChI is InChI=1S/C8H7IO/c9-8-7(10-8)6-4-2-1-3-5-6/h1-5,7-8H. The maximum atomic E-state index is 5.29. The van der Waals surface area contributed by atoms with Gasteiger partial charge in [-0.25, -0.2) is 0 Å². The van der Waals surface area contributed by atoms with Gasteiger partial charge in [0.25, 0.3) is 0 Å². The van der Waals surface area contributed by atoms with Gasteiger partial charge < -0.3 is 4.74 Å². The van der Waals surface area contributed by atoms with Crippen LogP contribution in [0.1, 0.15) is 11.7 Å². The van der Waals surface area contributed by atoms with Crippen molar-refractivity contribution in [3.05, 3.63) is 35.9 Å². The minimum absolute atomic E-state index is 0.363. The molecule has 0 N–H and O–H groups in total. The summed E-state index contributed by atoms with van der Waals surface area (Å²) in [6.45, 7) is 0. The number of rotatable bonds is 1. The number of benzene rings is 1. The van der Waals surface area contributed by atoms with Crippen LogP contribution < -0.4 is 0 Å². The zero-order valence-corrected chi connectivity index (χ0v) is 7.49. The van der Waals surface area contributed by atoms with Gasteiger partial charge in [-0.2, -0.15) is 0 Å². The summed E-state index contributed by atoms with van der Waals surface area (Å²) < 4.78 is 5.69. The summed E-state index contributed by atoms with van der Waals surface area (Å²) in [5.41, 5.74) is 1.29. The van der Waals surface area contributed by atoms with E-state index in [1.165, 1.54) is 5.56 Å². The van der Waals surface area contributed by atoms with E-state index in [2.05, 4.69) is 34.7 Å². The van der Waals surface area contributed by atoms with E-state index in [-0.39, 0.29) is 0 Å². The molecule has 1 fully saturated rings. The number of halogens is 1. The van der Waals surface area contributed by atoms with Gasteiger partial charge >= 0.3 is 0 Å². The summed E-state index contributed by atoms with van der Waals surface area (Å²) in [7, 11) is 0. The van der Waals surface area contributed by atoms with E-state index < -0.39 is 0 Å². The van der Waals surface area contributed by atoms with Crippen molar-refractivity contribution in [3.63, 3.8) is 0 Å². The zero-order chi connectivity index (χ0) is 6.97. The quantitative estimate of drug-likeness (QED) is 0.421. The Morgan fingerprint density at radius 2 is 1.80 bits per heavy atom. The summed E-state index contributed by atoms with van der Waals surface area (Å²) in [6, 6.07) is 10.3. The summed E-state index contributed by atoms with van der Waals surface area (Å²) in [4.78, 5) is 0. The molecule has 2 heteroatoms. The molecule has 52 valence electrons. The van der Waals surface area contributed by atoms with Gasteiger partial charge in [-0.15, -0.1) is 0 Å². The first-order chi connectivity index (χ1) is 4.88. The number of epoxide rings is 1. The molecule has 1 aliphatic rings. The normalized spacial score (nSPS) is 30.1. The molecular weight excluding hydrogens is 239 g/mol. The van der Waals surface area contributed by atoms with Crippen LogP contribution in [0.2, 0.25) is 0 Å². The molecule has 0 amide bonds. The van der Waals surface area contributed by atoms with E-state index in [1.807, 2.05) is 18.2 Å². The lowest BCUT2D eigenvalue weighted by atomic mass is 10.2. The summed E-state index contributed by atoms with van der Waals surface area (Å²) >= 11 is 2.30. The molecule has 1 saturated heterocycles. The Balaban J connectivity index is 2.20. The van der Waals surface area contributed by atoms with Crippen molar-refractivity contribution < 1.29 is 4.74 Å². The lowest BCUT2D eigenvalue weighted by molar-refractivity contribution is 0.411. The maximum absolute atomic E-state index is 5.29. The topological polar surface area (TPSA) is 12.5 Å². The first-order valence-corrected chi connectivity index (χ1v) is 4.47. The van der Waals surface area contributed by atoms with E-state index in [9.17, 15) is 0 Å². The molecule has 1 aliphatic heterocycles. The fourth-order valence-corrected chi connectivity index (χ4v) is 1.70. The molecule has 1 aromatic rings. The Morgan fingerprint density at radius 3 is 2.30 bits per heavy atom. The van der Waals surface area contributed by atoms with Crippen LogP contribution in [-0.2, 0) is 4.74 Å². The molecule has 0 saturated carbocycles. The average molecular weight is 246 g/mol. The fourth-order valence-electron chi connectivity index (χ4n) is 0.967. The van der Waals surface area contributed by atoms with Crippen molar-refractivity contribution >= 4 is 22.6 Å². The Labute approximate surface area is 73.5 Å². The molecule has 1 heterocycles. The van der Waals surface area contributed by atoms with Gasteiger partial charge in [-0.1, -0.05) is 30.3 Å². The van der Waals surface area contributed by atoms with Crippen molar-refractivity contribution in [2.45, 2.75) is 10.2 Å². The largest absolute Gasteiger partial charge is 0.353 e. The second kappa shape index (κ2) is 2.51. The van der Waals surface area contributed by atoms with Crippen molar-refractivity contribution in [3.8, 4) is 0 Å². The van der Waals surface area contributed by atoms with Crippen molar-refractivity contribution in [2.24, 2.45) is 0 Å². The molecule has 0 aromatic heterocycles. The van der Waals surface area contributed by atoms with E-state index >= 15 is 0 Å². The molecule has 0 aliphatic carbocycles. The molecule has 10 heavy (non-hydrogen) atoms. The molecule has 0 radical (unpaired) electrons. The van der Waals surface area contributed by atoms with Crippen LogP contribution in [0.15, 0.2) is 30.3 Å². The van der Waals surface area contributed by atoms with Gasteiger partial charge in [0.1, 0.15) is 10.2 Å². The lowest BCUT2D eigenvalue weighted by Gasteiger charge is -1.90. The smallest absolute Gasteiger partial charge is 0.140 e. The minimum Gasteiger partial charge on any atom is -0.353 e. The number of ether oxygens (including phenoxy) is 1. The third-order valence-corrected chi connectivity index (χ3v) is 2.51. The van der Waals surface area contributed by atoms with Crippen LogP contribution in [0.25, 0.3) is 0 Å². The Morgan fingerprint density at radius 1 is 1.20 bits per heavy atom. The average Bonchev–Trinajstić information content (AvgIpc) is 2.69. The summed E-state index contributed by atoms with van der Waals surface area (Å²) in [6.07, 6.45) is 0.363. The van der Waals surface area contributed by atoms with E-state index in [1.54, 1.807) is 0 Å².